The largest absolute Gasteiger partial charge is 0.465 e. The van der Waals surface area contributed by atoms with E-state index in [2.05, 4.69) is 16.9 Å². The summed E-state index contributed by atoms with van der Waals surface area (Å²) in [6, 6.07) is 10.8. The Morgan fingerprint density at radius 3 is 2.48 bits per heavy atom. The molecule has 33 heavy (non-hydrogen) atoms. The lowest BCUT2D eigenvalue weighted by atomic mass is 10.0. The van der Waals surface area contributed by atoms with Crippen LogP contribution in [-0.2, 0) is 32.0 Å². The zero-order chi connectivity index (χ0) is 23.8. The van der Waals surface area contributed by atoms with Crippen LogP contribution in [0.3, 0.4) is 0 Å². The number of methoxy groups -OCH3 is 1. The third-order valence-electron chi connectivity index (χ3n) is 5.04. The quantitative estimate of drug-likeness (QED) is 0.252. The minimum absolute atomic E-state index is 0.0721. The van der Waals surface area contributed by atoms with Crippen molar-refractivity contribution < 1.29 is 19.1 Å². The number of imidazole rings is 1. The molecule has 3 aromatic rings. The van der Waals surface area contributed by atoms with Crippen LogP contribution >= 0.6 is 11.6 Å². The van der Waals surface area contributed by atoms with E-state index in [4.69, 9.17) is 21.1 Å². The Morgan fingerprint density at radius 2 is 1.85 bits per heavy atom. The lowest BCUT2D eigenvalue weighted by Gasteiger charge is -2.17. The highest BCUT2D eigenvalue weighted by Gasteiger charge is 2.26. The van der Waals surface area contributed by atoms with Crippen molar-refractivity contribution in [2.45, 2.75) is 39.7 Å². The Bertz CT molecular complexity index is 1160. The van der Waals surface area contributed by atoms with Crippen LogP contribution < -0.4 is 0 Å². The van der Waals surface area contributed by atoms with Gasteiger partial charge in [0.15, 0.2) is 5.76 Å². The molecule has 8 heteroatoms. The van der Waals surface area contributed by atoms with E-state index in [1.165, 1.54) is 14.0 Å². The van der Waals surface area contributed by atoms with Gasteiger partial charge in [-0.1, -0.05) is 43.1 Å². The van der Waals surface area contributed by atoms with Gasteiger partial charge in [-0.3, -0.25) is 9.78 Å². The number of aryl methyl sites for hydroxylation is 1. The Hall–Kier alpha value is -3.45. The summed E-state index contributed by atoms with van der Waals surface area (Å²) in [6.07, 6.45) is 7.36. The first-order chi connectivity index (χ1) is 16.0. The number of unbranched alkanes of at least 4 members (excludes halogenated alkanes) is 1. The van der Waals surface area contributed by atoms with Crippen molar-refractivity contribution in [3.63, 3.8) is 0 Å². The van der Waals surface area contributed by atoms with E-state index in [0.29, 0.717) is 22.8 Å². The number of rotatable bonds is 9. The molecular formula is C25H26ClN3O4. The fourth-order valence-corrected chi connectivity index (χ4v) is 3.64. The van der Waals surface area contributed by atoms with Crippen molar-refractivity contribution in [3.05, 3.63) is 82.7 Å². The summed E-state index contributed by atoms with van der Waals surface area (Å²) in [7, 11) is 1.28. The van der Waals surface area contributed by atoms with Gasteiger partial charge in [0, 0.05) is 30.8 Å². The predicted molar refractivity (Wildman–Crippen MR) is 126 cm³/mol. The number of nitrogens with zero attached hydrogens (tertiary/aromatic N) is 3. The van der Waals surface area contributed by atoms with Gasteiger partial charge in [0.05, 0.1) is 19.9 Å². The molecule has 0 bridgehead atoms. The van der Waals surface area contributed by atoms with Crippen LogP contribution in [0.1, 0.15) is 49.3 Å². The monoisotopic (exact) mass is 467 g/mol. The first-order valence-electron chi connectivity index (χ1n) is 10.7. The molecule has 2 heterocycles. The van der Waals surface area contributed by atoms with E-state index in [0.717, 1.165) is 30.7 Å². The van der Waals surface area contributed by atoms with Gasteiger partial charge in [0.2, 0.25) is 0 Å². The topological polar surface area (TPSA) is 83.3 Å². The van der Waals surface area contributed by atoms with E-state index in [-0.39, 0.29) is 11.3 Å². The average Bonchev–Trinajstić information content (AvgIpc) is 3.21. The molecule has 3 rings (SSSR count). The van der Waals surface area contributed by atoms with Crippen molar-refractivity contribution in [1.29, 1.82) is 0 Å². The Kier molecular flexibility index (Phi) is 8.38. The van der Waals surface area contributed by atoms with Gasteiger partial charge in [-0.05, 0) is 35.7 Å². The Balaban J connectivity index is 2.27. The second-order valence-electron chi connectivity index (χ2n) is 7.37. The van der Waals surface area contributed by atoms with E-state index < -0.39 is 11.9 Å². The molecule has 0 unspecified atom stereocenters. The molecule has 0 aliphatic rings. The molecule has 0 aliphatic carbocycles. The third kappa shape index (κ3) is 5.87. The van der Waals surface area contributed by atoms with Gasteiger partial charge in [0.25, 0.3) is 0 Å². The Morgan fingerprint density at radius 1 is 1.12 bits per heavy atom. The molecule has 2 aromatic heterocycles. The molecule has 0 spiro atoms. The molecule has 0 saturated heterocycles. The third-order valence-corrected chi connectivity index (χ3v) is 5.41. The number of hydrogen-bond donors (Lipinski definition) is 0. The van der Waals surface area contributed by atoms with Gasteiger partial charge in [-0.25, -0.2) is 9.78 Å². The molecule has 172 valence electrons. The van der Waals surface area contributed by atoms with Gasteiger partial charge >= 0.3 is 11.9 Å². The number of aromatic nitrogens is 3. The van der Waals surface area contributed by atoms with Crippen molar-refractivity contribution in [2.24, 2.45) is 0 Å². The summed E-state index contributed by atoms with van der Waals surface area (Å²) < 4.78 is 12.6. The lowest BCUT2D eigenvalue weighted by Crippen LogP contribution is -2.15. The normalized spacial score (nSPS) is 11.6. The second-order valence-corrected chi connectivity index (χ2v) is 7.77. The van der Waals surface area contributed by atoms with Gasteiger partial charge in [0.1, 0.15) is 17.1 Å². The SMILES string of the molecule is CCCCc1ncc(C(OC(C)=O)=C(C(=O)OC)c2ccncc2)n1Cc1ccccc1Cl. The molecule has 0 saturated carbocycles. The maximum absolute atomic E-state index is 12.9. The highest BCUT2D eigenvalue weighted by molar-refractivity contribution is 6.31. The summed E-state index contributed by atoms with van der Waals surface area (Å²) in [5, 5.41) is 0.610. The highest BCUT2D eigenvalue weighted by Crippen LogP contribution is 2.31. The van der Waals surface area contributed by atoms with E-state index in [9.17, 15) is 9.59 Å². The van der Waals surface area contributed by atoms with Gasteiger partial charge in [-0.2, -0.15) is 0 Å². The molecule has 0 amide bonds. The summed E-state index contributed by atoms with van der Waals surface area (Å²) in [5.74, 6) is -0.336. The van der Waals surface area contributed by atoms with Crippen LogP contribution in [0.4, 0.5) is 0 Å². The zero-order valence-corrected chi connectivity index (χ0v) is 19.6. The number of carbonyl (C=O) groups excluding carboxylic acids is 2. The molecule has 0 radical (unpaired) electrons. The molecular weight excluding hydrogens is 442 g/mol. The number of esters is 2. The highest BCUT2D eigenvalue weighted by atomic mass is 35.5. The summed E-state index contributed by atoms with van der Waals surface area (Å²) in [4.78, 5) is 33.6. The maximum atomic E-state index is 12.9. The number of benzene rings is 1. The van der Waals surface area contributed by atoms with Crippen LogP contribution in [-0.4, -0.2) is 33.6 Å². The molecule has 0 N–H and O–H groups in total. The van der Waals surface area contributed by atoms with Gasteiger partial charge in [-0.15, -0.1) is 0 Å². The van der Waals surface area contributed by atoms with Crippen LogP contribution in [0.15, 0.2) is 55.0 Å². The number of pyridine rings is 1. The molecule has 0 fully saturated rings. The number of hydrogen-bond acceptors (Lipinski definition) is 6. The maximum Gasteiger partial charge on any atom is 0.342 e. The standard InChI is InChI=1S/C25H26ClN3O4/c1-4-5-10-22-28-15-21(29(22)16-19-8-6-7-9-20(19)26)24(33-17(2)30)23(25(31)32-3)18-11-13-27-14-12-18/h6-9,11-15H,4-5,10,16H2,1-3H3. The summed E-state index contributed by atoms with van der Waals surface area (Å²) in [6.45, 7) is 3.78. The first-order valence-corrected chi connectivity index (χ1v) is 11.0. The smallest absolute Gasteiger partial charge is 0.342 e. The number of ether oxygens (including phenoxy) is 2. The minimum Gasteiger partial charge on any atom is -0.465 e. The predicted octanol–water partition coefficient (Wildman–Crippen LogP) is 4.93. The first kappa shape index (κ1) is 24.2. The molecule has 0 atom stereocenters. The van der Waals surface area contributed by atoms with Crippen LogP contribution in [0.25, 0.3) is 11.3 Å². The van der Waals surface area contributed by atoms with Gasteiger partial charge < -0.3 is 14.0 Å². The second kappa shape index (κ2) is 11.4. The summed E-state index contributed by atoms with van der Waals surface area (Å²) in [5.41, 5.74) is 1.97. The van der Waals surface area contributed by atoms with Crippen molar-refractivity contribution in [1.82, 2.24) is 14.5 Å². The van der Waals surface area contributed by atoms with Crippen LogP contribution in [0.5, 0.6) is 0 Å². The van der Waals surface area contributed by atoms with Crippen molar-refractivity contribution in [3.8, 4) is 0 Å². The van der Waals surface area contributed by atoms with Crippen LogP contribution in [0, 0.1) is 0 Å². The van der Waals surface area contributed by atoms with E-state index >= 15 is 0 Å². The fourth-order valence-electron chi connectivity index (χ4n) is 3.44. The average molecular weight is 468 g/mol. The molecule has 1 aromatic carbocycles. The van der Waals surface area contributed by atoms with Crippen molar-refractivity contribution >= 4 is 34.9 Å². The Labute approximate surface area is 198 Å². The lowest BCUT2D eigenvalue weighted by molar-refractivity contribution is -0.134. The van der Waals surface area contributed by atoms with Crippen molar-refractivity contribution in [2.75, 3.05) is 7.11 Å². The summed E-state index contributed by atoms with van der Waals surface area (Å²) >= 11 is 6.43. The fraction of sp³-hybridized carbons (Fsp3) is 0.280. The van der Waals surface area contributed by atoms with E-state index in [1.54, 1.807) is 30.7 Å². The van der Waals surface area contributed by atoms with E-state index in [1.807, 2.05) is 28.8 Å². The van der Waals surface area contributed by atoms with Crippen LogP contribution in [0.2, 0.25) is 5.02 Å². The zero-order valence-electron chi connectivity index (χ0n) is 18.9. The minimum atomic E-state index is -0.641. The molecule has 0 aliphatic heterocycles. The number of carbonyl (C=O) groups is 2. The number of halogens is 1. The molecule has 7 nitrogen and oxygen atoms in total.